The van der Waals surface area contributed by atoms with Gasteiger partial charge in [-0.2, -0.15) is 13.2 Å². The predicted molar refractivity (Wildman–Crippen MR) is 50.5 cm³/mol. The molecule has 1 nitrogen and oxygen atoms in total. The van der Waals surface area contributed by atoms with Gasteiger partial charge in [-0.05, 0) is 24.6 Å². The smallest absolute Gasteiger partial charge is 0.398 e. The second-order valence-corrected chi connectivity index (χ2v) is 3.16. The molecule has 0 aliphatic heterocycles. The molecule has 0 aliphatic rings. The van der Waals surface area contributed by atoms with Gasteiger partial charge in [-0.1, -0.05) is 6.58 Å². The molecule has 0 atom stereocenters. The third-order valence-electron chi connectivity index (χ3n) is 1.94. The lowest BCUT2D eigenvalue weighted by Crippen LogP contribution is -2.13. The van der Waals surface area contributed by atoms with Crippen molar-refractivity contribution in [2.45, 2.75) is 13.1 Å². The summed E-state index contributed by atoms with van der Waals surface area (Å²) in [5.74, 6) is -1.37. The average molecular weight is 219 g/mol. The Bertz CT molecular complexity index is 407. The molecule has 1 aromatic carbocycles. The molecule has 82 valence electrons. The van der Waals surface area contributed by atoms with Crippen molar-refractivity contribution >= 4 is 11.3 Å². The SMILES string of the molecule is C=C(C)c1ccc(F)c(C(F)(F)F)c1N. The summed E-state index contributed by atoms with van der Waals surface area (Å²) in [7, 11) is 0. The molecule has 0 radical (unpaired) electrons. The molecule has 0 fully saturated rings. The van der Waals surface area contributed by atoms with Crippen molar-refractivity contribution < 1.29 is 17.6 Å². The standard InChI is InChI=1S/C10H9F4N/c1-5(2)6-3-4-7(11)8(9(6)15)10(12,13)14/h3-4H,1,15H2,2H3. The summed E-state index contributed by atoms with van der Waals surface area (Å²) in [5, 5.41) is 0. The van der Waals surface area contributed by atoms with Crippen LogP contribution in [0.2, 0.25) is 0 Å². The van der Waals surface area contributed by atoms with E-state index in [9.17, 15) is 17.6 Å². The molecule has 0 saturated heterocycles. The highest BCUT2D eigenvalue weighted by Gasteiger charge is 2.37. The molecule has 0 aliphatic carbocycles. The van der Waals surface area contributed by atoms with E-state index in [-0.39, 0.29) is 5.56 Å². The van der Waals surface area contributed by atoms with Crippen molar-refractivity contribution in [3.8, 4) is 0 Å². The molecular weight excluding hydrogens is 210 g/mol. The first-order valence-electron chi connectivity index (χ1n) is 4.06. The molecule has 0 amide bonds. The third kappa shape index (κ3) is 2.11. The van der Waals surface area contributed by atoms with Gasteiger partial charge in [0.05, 0.1) is 5.69 Å². The summed E-state index contributed by atoms with van der Waals surface area (Å²) in [6.07, 6.45) is -4.79. The van der Waals surface area contributed by atoms with Crippen LogP contribution in [-0.4, -0.2) is 0 Å². The van der Waals surface area contributed by atoms with Gasteiger partial charge in [0.25, 0.3) is 0 Å². The first-order chi connectivity index (χ1) is 6.75. The number of alkyl halides is 3. The fourth-order valence-electron chi connectivity index (χ4n) is 1.25. The number of allylic oxidation sites excluding steroid dienone is 1. The molecule has 0 spiro atoms. The van der Waals surface area contributed by atoms with Crippen LogP contribution in [0.15, 0.2) is 18.7 Å². The average Bonchev–Trinajstić information content (AvgIpc) is 2.00. The highest BCUT2D eigenvalue weighted by atomic mass is 19.4. The van der Waals surface area contributed by atoms with Crippen molar-refractivity contribution in [2.75, 3.05) is 5.73 Å². The predicted octanol–water partition coefficient (Wildman–Crippen LogP) is 3.46. The van der Waals surface area contributed by atoms with Crippen molar-refractivity contribution in [3.05, 3.63) is 35.7 Å². The van der Waals surface area contributed by atoms with Crippen molar-refractivity contribution in [3.63, 3.8) is 0 Å². The van der Waals surface area contributed by atoms with Gasteiger partial charge in [-0.15, -0.1) is 0 Å². The molecule has 2 N–H and O–H groups in total. The minimum absolute atomic E-state index is 0.115. The Labute approximate surface area is 84.2 Å². The first-order valence-corrected chi connectivity index (χ1v) is 4.06. The second-order valence-electron chi connectivity index (χ2n) is 3.16. The molecule has 15 heavy (non-hydrogen) atoms. The number of nitrogen functional groups attached to an aromatic ring is 1. The summed E-state index contributed by atoms with van der Waals surface area (Å²) in [5.41, 5.74) is 3.68. The summed E-state index contributed by atoms with van der Waals surface area (Å²) >= 11 is 0. The van der Waals surface area contributed by atoms with E-state index in [0.29, 0.717) is 5.57 Å². The van der Waals surface area contributed by atoms with E-state index in [1.54, 1.807) is 0 Å². The fourth-order valence-corrected chi connectivity index (χ4v) is 1.25. The van der Waals surface area contributed by atoms with Crippen molar-refractivity contribution in [1.82, 2.24) is 0 Å². The lowest BCUT2D eigenvalue weighted by atomic mass is 10.0. The van der Waals surface area contributed by atoms with Crippen LogP contribution in [0.5, 0.6) is 0 Å². The molecule has 1 aromatic rings. The van der Waals surface area contributed by atoms with Gasteiger partial charge in [0, 0.05) is 5.56 Å². The normalized spacial score (nSPS) is 11.5. The number of halogens is 4. The van der Waals surface area contributed by atoms with Gasteiger partial charge in [-0.25, -0.2) is 4.39 Å². The molecule has 0 aromatic heterocycles. The molecule has 0 heterocycles. The molecule has 0 bridgehead atoms. The Kier molecular flexibility index (Phi) is 2.75. The molecule has 0 unspecified atom stereocenters. The molecule has 1 rings (SSSR count). The Hall–Kier alpha value is -1.52. The van der Waals surface area contributed by atoms with Crippen molar-refractivity contribution in [1.29, 1.82) is 0 Å². The van der Waals surface area contributed by atoms with Crippen LogP contribution in [0, 0.1) is 5.82 Å². The number of rotatable bonds is 1. The summed E-state index contributed by atoms with van der Waals surface area (Å²) < 4.78 is 50.2. The monoisotopic (exact) mass is 219 g/mol. The number of hydrogen-bond acceptors (Lipinski definition) is 1. The van der Waals surface area contributed by atoms with Crippen LogP contribution in [0.3, 0.4) is 0 Å². The maximum atomic E-state index is 13.0. The molecule has 5 heteroatoms. The summed E-state index contributed by atoms with van der Waals surface area (Å²) in [6, 6.07) is 1.92. The third-order valence-corrected chi connectivity index (χ3v) is 1.94. The van der Waals surface area contributed by atoms with Gasteiger partial charge in [0.1, 0.15) is 11.4 Å². The van der Waals surface area contributed by atoms with E-state index in [0.717, 1.165) is 6.07 Å². The zero-order valence-electron chi connectivity index (χ0n) is 7.95. The minimum Gasteiger partial charge on any atom is -0.398 e. The van der Waals surface area contributed by atoms with Crippen LogP contribution in [0.4, 0.5) is 23.2 Å². The van der Waals surface area contributed by atoms with Crippen LogP contribution in [0.1, 0.15) is 18.1 Å². The Morgan fingerprint density at radius 1 is 1.33 bits per heavy atom. The van der Waals surface area contributed by atoms with Gasteiger partial charge in [-0.3, -0.25) is 0 Å². The van der Waals surface area contributed by atoms with Crippen LogP contribution in [-0.2, 0) is 6.18 Å². The number of hydrogen-bond donors (Lipinski definition) is 1. The van der Waals surface area contributed by atoms with Gasteiger partial charge in [0.2, 0.25) is 0 Å². The fraction of sp³-hybridized carbons (Fsp3) is 0.200. The van der Waals surface area contributed by atoms with E-state index >= 15 is 0 Å². The number of nitrogens with two attached hydrogens (primary N) is 1. The lowest BCUT2D eigenvalue weighted by Gasteiger charge is -2.14. The van der Waals surface area contributed by atoms with Crippen molar-refractivity contribution in [2.24, 2.45) is 0 Å². The number of anilines is 1. The Morgan fingerprint density at radius 2 is 1.87 bits per heavy atom. The second kappa shape index (κ2) is 3.56. The van der Waals surface area contributed by atoms with Crippen LogP contribution < -0.4 is 5.73 Å². The van der Waals surface area contributed by atoms with Crippen LogP contribution >= 0.6 is 0 Å². The van der Waals surface area contributed by atoms with Gasteiger partial charge in [0.15, 0.2) is 0 Å². The Balaban J connectivity index is 3.51. The zero-order valence-corrected chi connectivity index (χ0v) is 7.95. The molecule has 0 saturated carbocycles. The maximum Gasteiger partial charge on any atom is 0.421 e. The summed E-state index contributed by atoms with van der Waals surface area (Å²) in [6.45, 7) is 4.97. The highest BCUT2D eigenvalue weighted by molar-refractivity contribution is 5.75. The highest BCUT2D eigenvalue weighted by Crippen LogP contribution is 2.38. The largest absolute Gasteiger partial charge is 0.421 e. The minimum atomic E-state index is -4.79. The maximum absolute atomic E-state index is 13.0. The quantitative estimate of drug-likeness (QED) is 0.568. The van der Waals surface area contributed by atoms with E-state index < -0.39 is 23.2 Å². The van der Waals surface area contributed by atoms with Crippen LogP contribution in [0.25, 0.3) is 5.57 Å². The van der Waals surface area contributed by atoms with Gasteiger partial charge >= 0.3 is 6.18 Å². The molecular formula is C10H9F4N. The summed E-state index contributed by atoms with van der Waals surface area (Å²) in [4.78, 5) is 0. The zero-order chi connectivity index (χ0) is 11.8. The van der Waals surface area contributed by atoms with E-state index in [1.165, 1.54) is 13.0 Å². The number of benzene rings is 1. The van der Waals surface area contributed by atoms with E-state index in [4.69, 9.17) is 5.73 Å². The van der Waals surface area contributed by atoms with E-state index in [2.05, 4.69) is 6.58 Å². The lowest BCUT2D eigenvalue weighted by molar-refractivity contribution is -0.139. The first kappa shape index (κ1) is 11.6. The Morgan fingerprint density at radius 3 is 2.27 bits per heavy atom. The topological polar surface area (TPSA) is 26.0 Å². The van der Waals surface area contributed by atoms with Gasteiger partial charge < -0.3 is 5.73 Å². The van der Waals surface area contributed by atoms with E-state index in [1.807, 2.05) is 0 Å².